The lowest BCUT2D eigenvalue weighted by molar-refractivity contribution is 0.306. The first-order valence-corrected chi connectivity index (χ1v) is 6.93. The molecule has 3 aromatic rings. The molecule has 23 heavy (non-hydrogen) atoms. The van der Waals surface area contributed by atoms with Gasteiger partial charge < -0.3 is 14.9 Å². The third-order valence-electron chi connectivity index (χ3n) is 3.07. The minimum atomic E-state index is -0.257. The Morgan fingerprint density at radius 1 is 1.00 bits per heavy atom. The number of hydrogen-bond acceptors (Lipinski definition) is 5. The molecule has 3 rings (SSSR count). The Kier molecular flexibility index (Phi) is 4.33. The first-order valence-electron chi connectivity index (χ1n) is 6.93. The fourth-order valence-electron chi connectivity index (χ4n) is 1.90. The van der Waals surface area contributed by atoms with Gasteiger partial charge in [-0.15, -0.1) is 5.10 Å². The Morgan fingerprint density at radius 3 is 2.39 bits per heavy atom. The zero-order valence-corrected chi connectivity index (χ0v) is 12.1. The van der Waals surface area contributed by atoms with E-state index in [2.05, 4.69) is 10.2 Å². The molecular weight excluding hydrogens is 297 g/mol. The van der Waals surface area contributed by atoms with Crippen molar-refractivity contribution in [2.24, 2.45) is 0 Å². The maximum Gasteiger partial charge on any atom is 0.313 e. The largest absolute Gasteiger partial charge is 0.489 e. The van der Waals surface area contributed by atoms with Crippen molar-refractivity contribution in [3.63, 3.8) is 0 Å². The number of nitrogens with zero attached hydrogens (tertiary/aromatic N) is 2. The lowest BCUT2D eigenvalue weighted by Gasteiger charge is -2.06. The van der Waals surface area contributed by atoms with Crippen LogP contribution in [-0.4, -0.2) is 10.2 Å². The predicted molar refractivity (Wildman–Crippen MR) is 84.8 cm³/mol. The molecule has 6 heteroatoms. The first-order chi connectivity index (χ1) is 11.2. The molecule has 0 fully saturated rings. The fraction of sp³-hybridized carbons (Fsp3) is 0.0588. The molecule has 0 amide bonds. The molecule has 0 saturated carbocycles. The molecule has 1 heterocycles. The van der Waals surface area contributed by atoms with Gasteiger partial charge in [-0.25, -0.2) is 4.39 Å². The van der Waals surface area contributed by atoms with E-state index in [4.69, 9.17) is 14.9 Å². The van der Waals surface area contributed by atoms with Crippen LogP contribution in [0.1, 0.15) is 17.0 Å². The zero-order chi connectivity index (χ0) is 16.1. The summed E-state index contributed by atoms with van der Waals surface area (Å²) in [4.78, 5) is 0. The van der Waals surface area contributed by atoms with Crippen LogP contribution in [-0.2, 0) is 6.61 Å². The monoisotopic (exact) mass is 311 g/mol. The zero-order valence-electron chi connectivity index (χ0n) is 12.1. The lowest BCUT2D eigenvalue weighted by atomic mass is 10.2. The van der Waals surface area contributed by atoms with Gasteiger partial charge in [0.25, 0.3) is 0 Å². The third kappa shape index (κ3) is 4.16. The standard InChI is InChI=1S/C17H14FN3O2/c18-14-6-1-13(2-7-14)11-22-15-8-3-12(4-9-15)5-10-16-20-21-17(19)23-16/h1-10H,11H2,(H2,19,21)/b10-5+. The molecule has 0 aliphatic rings. The molecular formula is C17H14FN3O2. The molecule has 0 bridgehead atoms. The highest BCUT2D eigenvalue weighted by Gasteiger charge is 1.99. The third-order valence-corrected chi connectivity index (χ3v) is 3.07. The number of halogens is 1. The molecule has 0 saturated heterocycles. The second-order valence-electron chi connectivity index (χ2n) is 4.80. The molecule has 2 aromatic carbocycles. The van der Waals surface area contributed by atoms with Crippen molar-refractivity contribution >= 4 is 18.2 Å². The number of nitrogen functional groups attached to an aromatic ring is 1. The van der Waals surface area contributed by atoms with E-state index in [1.54, 1.807) is 18.2 Å². The van der Waals surface area contributed by atoms with E-state index in [0.717, 1.165) is 16.9 Å². The molecule has 0 radical (unpaired) electrons. The van der Waals surface area contributed by atoms with Crippen LogP contribution in [0.15, 0.2) is 52.9 Å². The van der Waals surface area contributed by atoms with Gasteiger partial charge in [-0.2, -0.15) is 0 Å². The van der Waals surface area contributed by atoms with Crippen molar-refractivity contribution in [3.8, 4) is 5.75 Å². The summed E-state index contributed by atoms with van der Waals surface area (Å²) in [5.74, 6) is 0.820. The van der Waals surface area contributed by atoms with Gasteiger partial charge in [-0.1, -0.05) is 29.4 Å². The van der Waals surface area contributed by atoms with Crippen LogP contribution < -0.4 is 10.5 Å². The minimum Gasteiger partial charge on any atom is -0.489 e. The smallest absolute Gasteiger partial charge is 0.313 e. The predicted octanol–water partition coefficient (Wildman–Crippen LogP) is 3.54. The van der Waals surface area contributed by atoms with Crippen molar-refractivity contribution in [1.82, 2.24) is 10.2 Å². The second-order valence-corrected chi connectivity index (χ2v) is 4.80. The molecule has 5 nitrogen and oxygen atoms in total. The van der Waals surface area contributed by atoms with Crippen LogP contribution in [0.4, 0.5) is 10.4 Å². The van der Waals surface area contributed by atoms with Crippen molar-refractivity contribution < 1.29 is 13.5 Å². The van der Waals surface area contributed by atoms with E-state index < -0.39 is 0 Å². The maximum absolute atomic E-state index is 12.8. The van der Waals surface area contributed by atoms with Crippen molar-refractivity contribution in [3.05, 3.63) is 71.4 Å². The Balaban J connectivity index is 1.58. The SMILES string of the molecule is Nc1nnc(/C=C/c2ccc(OCc3ccc(F)cc3)cc2)o1. The average Bonchev–Trinajstić information content (AvgIpc) is 2.99. The molecule has 1 aromatic heterocycles. The summed E-state index contributed by atoms with van der Waals surface area (Å²) in [6.45, 7) is 0.386. The Labute approximate surface area is 132 Å². The van der Waals surface area contributed by atoms with Crippen LogP contribution >= 0.6 is 0 Å². The summed E-state index contributed by atoms with van der Waals surface area (Å²) in [7, 11) is 0. The van der Waals surface area contributed by atoms with Crippen LogP contribution in [0.5, 0.6) is 5.75 Å². The maximum atomic E-state index is 12.8. The van der Waals surface area contributed by atoms with Gasteiger partial charge >= 0.3 is 6.01 Å². The number of aromatic nitrogens is 2. The van der Waals surface area contributed by atoms with Gasteiger partial charge in [0.2, 0.25) is 5.89 Å². The van der Waals surface area contributed by atoms with Gasteiger partial charge in [-0.3, -0.25) is 0 Å². The summed E-state index contributed by atoms with van der Waals surface area (Å²) in [5, 5.41) is 7.31. The summed E-state index contributed by atoms with van der Waals surface area (Å²) in [6, 6.07) is 13.8. The normalized spacial score (nSPS) is 11.0. The van der Waals surface area contributed by atoms with Crippen molar-refractivity contribution in [1.29, 1.82) is 0 Å². The van der Waals surface area contributed by atoms with Crippen LogP contribution in [0, 0.1) is 5.82 Å². The average molecular weight is 311 g/mol. The highest BCUT2D eigenvalue weighted by atomic mass is 19.1. The van der Waals surface area contributed by atoms with Gasteiger partial charge in [0.1, 0.15) is 18.2 Å². The second kappa shape index (κ2) is 6.74. The van der Waals surface area contributed by atoms with Crippen molar-refractivity contribution in [2.45, 2.75) is 6.61 Å². The van der Waals surface area contributed by atoms with E-state index >= 15 is 0 Å². The number of nitrogens with two attached hydrogens (primary N) is 1. The van der Waals surface area contributed by atoms with Gasteiger partial charge in [-0.05, 0) is 41.5 Å². The fourth-order valence-corrected chi connectivity index (χ4v) is 1.90. The number of anilines is 1. The Bertz CT molecular complexity index is 795. The van der Waals surface area contributed by atoms with E-state index in [9.17, 15) is 4.39 Å². The van der Waals surface area contributed by atoms with Crippen molar-refractivity contribution in [2.75, 3.05) is 5.73 Å². The molecule has 0 atom stereocenters. The molecule has 116 valence electrons. The van der Waals surface area contributed by atoms with Gasteiger partial charge in [0.05, 0.1) is 0 Å². The molecule has 0 aliphatic carbocycles. The van der Waals surface area contributed by atoms with E-state index in [1.807, 2.05) is 30.3 Å². The van der Waals surface area contributed by atoms with Crippen LogP contribution in [0.25, 0.3) is 12.2 Å². The van der Waals surface area contributed by atoms with Crippen LogP contribution in [0.2, 0.25) is 0 Å². The summed E-state index contributed by atoms with van der Waals surface area (Å²) in [6.07, 6.45) is 3.51. The summed E-state index contributed by atoms with van der Waals surface area (Å²) in [5.41, 5.74) is 7.21. The van der Waals surface area contributed by atoms with E-state index in [1.165, 1.54) is 12.1 Å². The number of hydrogen-bond donors (Lipinski definition) is 1. The summed E-state index contributed by atoms with van der Waals surface area (Å²) < 4.78 is 23.5. The Hall–Kier alpha value is -3.15. The molecule has 2 N–H and O–H groups in total. The van der Waals surface area contributed by atoms with E-state index in [-0.39, 0.29) is 11.8 Å². The summed E-state index contributed by atoms with van der Waals surface area (Å²) >= 11 is 0. The molecule has 0 unspecified atom stereocenters. The van der Waals surface area contributed by atoms with E-state index in [0.29, 0.717) is 12.5 Å². The topological polar surface area (TPSA) is 74.2 Å². The molecule has 0 spiro atoms. The number of rotatable bonds is 5. The van der Waals surface area contributed by atoms with Crippen LogP contribution in [0.3, 0.4) is 0 Å². The lowest BCUT2D eigenvalue weighted by Crippen LogP contribution is -1.95. The minimum absolute atomic E-state index is 0.0363. The van der Waals surface area contributed by atoms with Gasteiger partial charge in [0, 0.05) is 6.08 Å². The Morgan fingerprint density at radius 2 is 1.74 bits per heavy atom. The highest BCUT2D eigenvalue weighted by molar-refractivity contribution is 5.66. The quantitative estimate of drug-likeness (QED) is 0.780. The highest BCUT2D eigenvalue weighted by Crippen LogP contribution is 2.16. The number of ether oxygens (including phenoxy) is 1. The first kappa shape index (κ1) is 14.8. The molecule has 0 aliphatic heterocycles. The van der Waals surface area contributed by atoms with Gasteiger partial charge in [0.15, 0.2) is 0 Å². The number of benzene rings is 2.